The number of hydrogen-bond acceptors (Lipinski definition) is 3. The number of nitrogens with zero attached hydrogens (tertiary/aromatic N) is 1. The molecule has 1 aliphatic rings. The van der Waals surface area contributed by atoms with Gasteiger partial charge in [-0.1, -0.05) is 12.1 Å². The molecule has 3 heteroatoms. The van der Waals surface area contributed by atoms with Crippen molar-refractivity contribution in [3.05, 3.63) is 53.1 Å². The second-order valence-corrected chi connectivity index (χ2v) is 5.49. The van der Waals surface area contributed by atoms with E-state index in [1.165, 1.54) is 30.4 Å². The standard InChI is InChI=1S/C19H21NO2/c1-21-18-11-10-14(12-19(18)22-2)13-20-17-9-5-7-15-6-3-4-8-16(15)17/h5,7,9-13H,3-4,6,8H2,1-2H3. The normalized spacial score (nSPS) is 13.9. The number of hydrogen-bond donors (Lipinski definition) is 0. The molecule has 2 aromatic rings. The van der Waals surface area contributed by atoms with Crippen LogP contribution in [0.1, 0.15) is 29.5 Å². The summed E-state index contributed by atoms with van der Waals surface area (Å²) in [5, 5.41) is 0. The Bertz CT molecular complexity index is 692. The zero-order valence-electron chi connectivity index (χ0n) is 13.1. The van der Waals surface area contributed by atoms with Gasteiger partial charge < -0.3 is 9.47 Å². The lowest BCUT2D eigenvalue weighted by molar-refractivity contribution is 0.355. The summed E-state index contributed by atoms with van der Waals surface area (Å²) in [5.41, 5.74) is 4.96. The minimum absolute atomic E-state index is 0.724. The van der Waals surface area contributed by atoms with Gasteiger partial charge in [0.05, 0.1) is 19.9 Å². The van der Waals surface area contributed by atoms with Crippen LogP contribution in [0.2, 0.25) is 0 Å². The van der Waals surface area contributed by atoms with Gasteiger partial charge in [0.15, 0.2) is 11.5 Å². The Kier molecular flexibility index (Phi) is 4.42. The van der Waals surface area contributed by atoms with Crippen LogP contribution in [-0.2, 0) is 12.8 Å². The first-order valence-electron chi connectivity index (χ1n) is 7.68. The van der Waals surface area contributed by atoms with Crippen LogP contribution in [-0.4, -0.2) is 20.4 Å². The number of ether oxygens (including phenoxy) is 2. The van der Waals surface area contributed by atoms with Crippen LogP contribution in [0.4, 0.5) is 5.69 Å². The number of rotatable bonds is 4. The van der Waals surface area contributed by atoms with Crippen molar-refractivity contribution in [1.82, 2.24) is 0 Å². The van der Waals surface area contributed by atoms with Crippen molar-refractivity contribution in [2.24, 2.45) is 4.99 Å². The van der Waals surface area contributed by atoms with Crippen LogP contribution in [0.5, 0.6) is 11.5 Å². The van der Waals surface area contributed by atoms with Crippen molar-refractivity contribution in [2.45, 2.75) is 25.7 Å². The van der Waals surface area contributed by atoms with Crippen molar-refractivity contribution in [2.75, 3.05) is 14.2 Å². The van der Waals surface area contributed by atoms with Crippen LogP contribution >= 0.6 is 0 Å². The number of benzene rings is 2. The molecule has 0 aliphatic heterocycles. The number of methoxy groups -OCH3 is 2. The molecule has 0 heterocycles. The van der Waals surface area contributed by atoms with Gasteiger partial charge >= 0.3 is 0 Å². The maximum Gasteiger partial charge on any atom is 0.161 e. The lowest BCUT2D eigenvalue weighted by Crippen LogP contribution is -2.02. The highest BCUT2D eigenvalue weighted by Gasteiger charge is 2.12. The van der Waals surface area contributed by atoms with Gasteiger partial charge in [-0.25, -0.2) is 0 Å². The highest BCUT2D eigenvalue weighted by atomic mass is 16.5. The maximum absolute atomic E-state index is 5.33. The Morgan fingerprint density at radius 2 is 1.77 bits per heavy atom. The van der Waals surface area contributed by atoms with Crippen LogP contribution < -0.4 is 9.47 Å². The van der Waals surface area contributed by atoms with Crippen molar-refractivity contribution in [3.63, 3.8) is 0 Å². The van der Waals surface area contributed by atoms with Gasteiger partial charge in [-0.3, -0.25) is 4.99 Å². The molecule has 0 unspecified atom stereocenters. The van der Waals surface area contributed by atoms with E-state index in [9.17, 15) is 0 Å². The number of aliphatic imine (C=N–C) groups is 1. The minimum atomic E-state index is 0.724. The lowest BCUT2D eigenvalue weighted by Gasteiger charge is -2.17. The van der Waals surface area contributed by atoms with E-state index in [1.54, 1.807) is 14.2 Å². The van der Waals surface area contributed by atoms with Gasteiger partial charge in [0.2, 0.25) is 0 Å². The average Bonchev–Trinajstić information content (AvgIpc) is 2.59. The summed E-state index contributed by atoms with van der Waals surface area (Å²) in [5.74, 6) is 1.46. The van der Waals surface area contributed by atoms with E-state index in [0.29, 0.717) is 0 Å². The quantitative estimate of drug-likeness (QED) is 0.786. The third kappa shape index (κ3) is 2.98. The van der Waals surface area contributed by atoms with Crippen molar-refractivity contribution < 1.29 is 9.47 Å². The monoisotopic (exact) mass is 295 g/mol. The molecule has 114 valence electrons. The van der Waals surface area contributed by atoms with E-state index in [1.807, 2.05) is 24.4 Å². The third-order valence-electron chi connectivity index (χ3n) is 4.13. The van der Waals surface area contributed by atoms with E-state index in [4.69, 9.17) is 14.5 Å². The molecule has 2 aromatic carbocycles. The summed E-state index contributed by atoms with van der Waals surface area (Å²) in [6.45, 7) is 0. The summed E-state index contributed by atoms with van der Waals surface area (Å²) in [6.07, 6.45) is 6.75. The van der Waals surface area contributed by atoms with Gasteiger partial charge in [0, 0.05) is 6.21 Å². The third-order valence-corrected chi connectivity index (χ3v) is 4.13. The SMILES string of the molecule is COc1ccc(C=Nc2cccc3c2CCCC3)cc1OC. The minimum Gasteiger partial charge on any atom is -0.493 e. The second kappa shape index (κ2) is 6.65. The van der Waals surface area contributed by atoms with Crippen LogP contribution in [0.25, 0.3) is 0 Å². The highest BCUT2D eigenvalue weighted by Crippen LogP contribution is 2.30. The molecule has 0 aromatic heterocycles. The molecule has 0 saturated carbocycles. The molecule has 3 nitrogen and oxygen atoms in total. The topological polar surface area (TPSA) is 30.8 Å². The predicted molar refractivity (Wildman–Crippen MR) is 89.9 cm³/mol. The Morgan fingerprint density at radius 3 is 2.59 bits per heavy atom. The molecular weight excluding hydrogens is 274 g/mol. The summed E-state index contributed by atoms with van der Waals surface area (Å²) in [4.78, 5) is 4.70. The summed E-state index contributed by atoms with van der Waals surface area (Å²) >= 11 is 0. The lowest BCUT2D eigenvalue weighted by atomic mass is 9.90. The summed E-state index contributed by atoms with van der Waals surface area (Å²) < 4.78 is 10.6. The fourth-order valence-electron chi connectivity index (χ4n) is 2.96. The first kappa shape index (κ1) is 14.6. The van der Waals surface area contributed by atoms with Crippen LogP contribution in [0.3, 0.4) is 0 Å². The second-order valence-electron chi connectivity index (χ2n) is 5.49. The van der Waals surface area contributed by atoms with Crippen LogP contribution in [0, 0.1) is 0 Å². The molecule has 0 N–H and O–H groups in total. The van der Waals surface area contributed by atoms with Gasteiger partial charge in [-0.05, 0) is 66.6 Å². The largest absolute Gasteiger partial charge is 0.493 e. The Morgan fingerprint density at radius 1 is 0.955 bits per heavy atom. The van der Waals surface area contributed by atoms with Gasteiger partial charge in [0.25, 0.3) is 0 Å². The molecule has 0 bridgehead atoms. The molecule has 0 saturated heterocycles. The van der Waals surface area contributed by atoms with E-state index in [2.05, 4.69) is 18.2 Å². The Labute approximate surface area is 131 Å². The molecule has 3 rings (SSSR count). The molecule has 0 amide bonds. The molecule has 0 atom stereocenters. The van der Waals surface area contributed by atoms with E-state index >= 15 is 0 Å². The van der Waals surface area contributed by atoms with Crippen molar-refractivity contribution in [1.29, 1.82) is 0 Å². The highest BCUT2D eigenvalue weighted by molar-refractivity contribution is 5.83. The fourth-order valence-corrected chi connectivity index (χ4v) is 2.96. The van der Waals surface area contributed by atoms with Crippen LogP contribution in [0.15, 0.2) is 41.4 Å². The first-order valence-corrected chi connectivity index (χ1v) is 7.68. The molecule has 1 aliphatic carbocycles. The van der Waals surface area contributed by atoms with Gasteiger partial charge in [-0.15, -0.1) is 0 Å². The van der Waals surface area contributed by atoms with Crippen molar-refractivity contribution >= 4 is 11.9 Å². The average molecular weight is 295 g/mol. The fraction of sp³-hybridized carbons (Fsp3) is 0.316. The molecule has 0 fully saturated rings. The maximum atomic E-state index is 5.33. The molecular formula is C19H21NO2. The van der Waals surface area contributed by atoms with Gasteiger partial charge in [-0.2, -0.15) is 0 Å². The number of fused-ring (bicyclic) bond motifs is 1. The molecule has 0 spiro atoms. The van der Waals surface area contributed by atoms with E-state index < -0.39 is 0 Å². The van der Waals surface area contributed by atoms with E-state index in [0.717, 1.165) is 29.2 Å². The zero-order chi connectivity index (χ0) is 15.4. The Hall–Kier alpha value is -2.29. The molecule has 0 radical (unpaired) electrons. The predicted octanol–water partition coefficient (Wildman–Crippen LogP) is 4.33. The van der Waals surface area contributed by atoms with E-state index in [-0.39, 0.29) is 0 Å². The number of aryl methyl sites for hydroxylation is 1. The van der Waals surface area contributed by atoms with Crippen molar-refractivity contribution in [3.8, 4) is 11.5 Å². The summed E-state index contributed by atoms with van der Waals surface area (Å²) in [6, 6.07) is 12.3. The van der Waals surface area contributed by atoms with Gasteiger partial charge in [0.1, 0.15) is 0 Å². The summed E-state index contributed by atoms with van der Waals surface area (Å²) in [7, 11) is 3.29. The molecule has 22 heavy (non-hydrogen) atoms. The smallest absolute Gasteiger partial charge is 0.161 e. The Balaban J connectivity index is 1.88. The zero-order valence-corrected chi connectivity index (χ0v) is 13.1. The first-order chi connectivity index (χ1) is 10.8.